The Morgan fingerprint density at radius 2 is 2.10 bits per heavy atom. The number of hydrogen-bond acceptors (Lipinski definition) is 3. The van der Waals surface area contributed by atoms with Crippen LogP contribution in [0, 0.1) is 5.92 Å². The Morgan fingerprint density at radius 3 is 2.62 bits per heavy atom. The zero-order valence-corrected chi connectivity index (χ0v) is 14.0. The summed E-state index contributed by atoms with van der Waals surface area (Å²) in [6, 6.07) is 9.90. The molecule has 1 heterocycles. The first-order valence-electron chi connectivity index (χ1n) is 6.86. The summed E-state index contributed by atoms with van der Waals surface area (Å²) in [6.07, 6.45) is 2.34. The number of methoxy groups -OCH3 is 1. The van der Waals surface area contributed by atoms with Crippen LogP contribution in [0.4, 0.5) is 0 Å². The molecule has 0 radical (unpaired) electrons. The van der Waals surface area contributed by atoms with Gasteiger partial charge in [0.15, 0.2) is 0 Å². The van der Waals surface area contributed by atoms with Crippen molar-refractivity contribution in [3.8, 4) is 5.75 Å². The summed E-state index contributed by atoms with van der Waals surface area (Å²) >= 11 is 4.92. The van der Waals surface area contributed by atoms with Gasteiger partial charge in [-0.1, -0.05) is 12.1 Å². The van der Waals surface area contributed by atoms with Gasteiger partial charge >= 0.3 is 0 Å². The summed E-state index contributed by atoms with van der Waals surface area (Å²) in [5.41, 5.74) is 1.85. The highest BCUT2D eigenvalue weighted by Gasteiger charge is 2.33. The van der Waals surface area contributed by atoms with Gasteiger partial charge in [0.2, 0.25) is 0 Å². The lowest BCUT2D eigenvalue weighted by Gasteiger charge is -2.19. The highest BCUT2D eigenvalue weighted by atomic mass is 79.9. The lowest BCUT2D eigenvalue weighted by atomic mass is 10.0. The Balaban J connectivity index is 1.76. The van der Waals surface area contributed by atoms with E-state index in [-0.39, 0.29) is 11.9 Å². The summed E-state index contributed by atoms with van der Waals surface area (Å²) in [5, 5.41) is 5.04. The second kappa shape index (κ2) is 6.20. The van der Waals surface area contributed by atoms with Crippen molar-refractivity contribution < 1.29 is 9.53 Å². The minimum atomic E-state index is -0.00957. The van der Waals surface area contributed by atoms with Gasteiger partial charge < -0.3 is 10.1 Å². The first-order valence-corrected chi connectivity index (χ1v) is 8.53. The number of hydrogen-bond donors (Lipinski definition) is 1. The monoisotopic (exact) mass is 365 g/mol. The Morgan fingerprint density at radius 1 is 1.38 bits per heavy atom. The average Bonchev–Trinajstić information content (AvgIpc) is 3.25. The topological polar surface area (TPSA) is 38.3 Å². The number of carbonyl (C=O) groups excluding carboxylic acids is 1. The molecule has 110 valence electrons. The fourth-order valence-electron chi connectivity index (χ4n) is 2.37. The van der Waals surface area contributed by atoms with Gasteiger partial charge in [0, 0.05) is 5.38 Å². The summed E-state index contributed by atoms with van der Waals surface area (Å²) in [4.78, 5) is 12.3. The van der Waals surface area contributed by atoms with Crippen molar-refractivity contribution in [3.63, 3.8) is 0 Å². The number of benzene rings is 1. The largest absolute Gasteiger partial charge is 0.497 e. The molecule has 1 aromatic heterocycles. The van der Waals surface area contributed by atoms with E-state index in [0.717, 1.165) is 15.1 Å². The molecule has 1 fully saturated rings. The van der Waals surface area contributed by atoms with Gasteiger partial charge in [-0.3, -0.25) is 4.79 Å². The molecular weight excluding hydrogens is 350 g/mol. The van der Waals surface area contributed by atoms with E-state index in [1.54, 1.807) is 7.11 Å². The van der Waals surface area contributed by atoms with E-state index < -0.39 is 0 Å². The number of ether oxygens (including phenoxy) is 1. The lowest BCUT2D eigenvalue weighted by molar-refractivity contribution is 0.0932. The second-order valence-corrected chi connectivity index (χ2v) is 7.49. The third-order valence-electron chi connectivity index (χ3n) is 3.68. The normalized spacial score (nSPS) is 15.5. The summed E-state index contributed by atoms with van der Waals surface area (Å²) in [7, 11) is 1.66. The van der Waals surface area contributed by atoms with Crippen LogP contribution in [0.2, 0.25) is 0 Å². The third-order valence-corrected chi connectivity index (χ3v) is 5.19. The summed E-state index contributed by atoms with van der Waals surface area (Å²) < 4.78 is 6.16. The van der Waals surface area contributed by atoms with E-state index in [2.05, 4.69) is 21.2 Å². The molecule has 1 aromatic carbocycles. The van der Waals surface area contributed by atoms with E-state index >= 15 is 0 Å². The number of halogens is 1. The van der Waals surface area contributed by atoms with Gasteiger partial charge in [-0.05, 0) is 58.5 Å². The number of nitrogens with one attached hydrogen (secondary N) is 1. The van der Waals surface area contributed by atoms with Crippen molar-refractivity contribution >= 4 is 33.2 Å². The molecule has 3 rings (SSSR count). The maximum Gasteiger partial charge on any atom is 0.252 e. The SMILES string of the molecule is COc1ccc(C(NC(=O)c2csc(Br)c2)C2CC2)cc1. The molecule has 0 saturated heterocycles. The van der Waals surface area contributed by atoms with Crippen molar-refractivity contribution in [2.75, 3.05) is 7.11 Å². The molecule has 0 spiro atoms. The van der Waals surface area contributed by atoms with Gasteiger partial charge in [-0.25, -0.2) is 0 Å². The zero-order valence-electron chi connectivity index (χ0n) is 11.6. The van der Waals surface area contributed by atoms with Gasteiger partial charge in [-0.2, -0.15) is 0 Å². The first-order chi connectivity index (χ1) is 10.2. The predicted octanol–water partition coefficient (Wildman–Crippen LogP) is 4.40. The molecule has 1 saturated carbocycles. The quantitative estimate of drug-likeness (QED) is 0.852. The predicted molar refractivity (Wildman–Crippen MR) is 87.9 cm³/mol. The Hall–Kier alpha value is -1.33. The number of carbonyl (C=O) groups is 1. The van der Waals surface area contributed by atoms with Crippen LogP contribution in [0.15, 0.2) is 39.5 Å². The van der Waals surface area contributed by atoms with E-state index in [9.17, 15) is 4.79 Å². The van der Waals surface area contributed by atoms with Crippen LogP contribution in [0.3, 0.4) is 0 Å². The van der Waals surface area contributed by atoms with E-state index in [4.69, 9.17) is 4.74 Å². The third kappa shape index (κ3) is 3.47. The van der Waals surface area contributed by atoms with Gasteiger partial charge in [0.1, 0.15) is 5.75 Å². The zero-order chi connectivity index (χ0) is 14.8. The molecule has 0 bridgehead atoms. The molecule has 1 amide bonds. The van der Waals surface area contributed by atoms with Gasteiger partial charge in [0.05, 0.1) is 22.5 Å². The molecule has 1 atom stereocenters. The van der Waals surface area contributed by atoms with Crippen molar-refractivity contribution in [1.82, 2.24) is 5.32 Å². The Bertz CT molecular complexity index is 634. The highest BCUT2D eigenvalue weighted by molar-refractivity contribution is 9.11. The molecule has 1 aliphatic carbocycles. The van der Waals surface area contributed by atoms with Crippen LogP contribution in [0.5, 0.6) is 5.75 Å². The van der Waals surface area contributed by atoms with Crippen LogP contribution in [-0.4, -0.2) is 13.0 Å². The minimum Gasteiger partial charge on any atom is -0.497 e. The van der Waals surface area contributed by atoms with Gasteiger partial charge in [-0.15, -0.1) is 11.3 Å². The molecule has 1 N–H and O–H groups in total. The fourth-order valence-corrected chi connectivity index (χ4v) is 3.50. The summed E-state index contributed by atoms with van der Waals surface area (Å²) in [6.45, 7) is 0. The van der Waals surface area contributed by atoms with Gasteiger partial charge in [0.25, 0.3) is 5.91 Å². The van der Waals surface area contributed by atoms with Crippen molar-refractivity contribution in [2.24, 2.45) is 5.92 Å². The molecule has 0 aliphatic heterocycles. The van der Waals surface area contributed by atoms with Crippen LogP contribution in [0.25, 0.3) is 0 Å². The second-order valence-electron chi connectivity index (χ2n) is 5.20. The number of thiophene rings is 1. The molecule has 5 heteroatoms. The fraction of sp³-hybridized carbons (Fsp3) is 0.312. The van der Waals surface area contributed by atoms with Crippen LogP contribution in [0.1, 0.15) is 34.8 Å². The smallest absolute Gasteiger partial charge is 0.252 e. The molecule has 2 aromatic rings. The Kier molecular flexibility index (Phi) is 4.31. The maximum atomic E-state index is 12.3. The Labute approximate surface area is 136 Å². The minimum absolute atomic E-state index is 0.00957. The maximum absolute atomic E-state index is 12.3. The molecular formula is C16H16BrNO2S. The first kappa shape index (κ1) is 14.6. The lowest BCUT2D eigenvalue weighted by Crippen LogP contribution is -2.29. The highest BCUT2D eigenvalue weighted by Crippen LogP contribution is 2.41. The molecule has 3 nitrogen and oxygen atoms in total. The van der Waals surface area contributed by atoms with E-state index in [1.807, 2.05) is 35.7 Å². The van der Waals surface area contributed by atoms with Crippen LogP contribution < -0.4 is 10.1 Å². The average molecular weight is 366 g/mol. The van der Waals surface area contributed by atoms with E-state index in [0.29, 0.717) is 11.5 Å². The number of rotatable bonds is 5. The molecule has 1 unspecified atom stereocenters. The number of amides is 1. The van der Waals surface area contributed by atoms with E-state index in [1.165, 1.54) is 24.2 Å². The summed E-state index contributed by atoms with van der Waals surface area (Å²) in [5.74, 6) is 1.37. The van der Waals surface area contributed by atoms with Crippen molar-refractivity contribution in [1.29, 1.82) is 0 Å². The molecule has 1 aliphatic rings. The van der Waals surface area contributed by atoms with Crippen molar-refractivity contribution in [2.45, 2.75) is 18.9 Å². The molecule has 21 heavy (non-hydrogen) atoms. The van der Waals surface area contributed by atoms with Crippen LogP contribution >= 0.6 is 27.3 Å². The van der Waals surface area contributed by atoms with Crippen LogP contribution in [-0.2, 0) is 0 Å². The van der Waals surface area contributed by atoms with Crippen molar-refractivity contribution in [3.05, 3.63) is 50.6 Å². The standard InChI is InChI=1S/C16H16BrNO2S/c1-20-13-6-4-11(5-7-13)15(10-2-3-10)18-16(19)12-8-14(17)21-9-12/h4-10,15H,2-3H2,1H3,(H,18,19).